The average molecular weight is 416 g/mol. The summed E-state index contributed by atoms with van der Waals surface area (Å²) in [4.78, 5) is 24.2. The summed E-state index contributed by atoms with van der Waals surface area (Å²) in [6.07, 6.45) is 1.53. The molecule has 0 atom stereocenters. The van der Waals surface area contributed by atoms with Gasteiger partial charge in [0, 0.05) is 17.6 Å². The van der Waals surface area contributed by atoms with Crippen LogP contribution in [-0.4, -0.2) is 31.5 Å². The monoisotopic (exact) mass is 415 g/mol. The Labute approximate surface area is 167 Å². The average Bonchev–Trinajstić information content (AvgIpc) is 3.37. The number of fused-ring (bicyclic) bond motifs is 1. The number of aromatic nitrogens is 4. The molecule has 4 rings (SSSR count). The number of H-pyrrole nitrogens is 1. The molecule has 142 valence electrons. The number of nitrogens with zero attached hydrogens (tertiary/aromatic N) is 3. The van der Waals surface area contributed by atoms with E-state index in [2.05, 4.69) is 20.6 Å². The third-order valence-corrected chi connectivity index (χ3v) is 5.21. The van der Waals surface area contributed by atoms with Gasteiger partial charge >= 0.3 is 0 Å². The van der Waals surface area contributed by atoms with Crippen LogP contribution in [-0.2, 0) is 11.3 Å². The Morgan fingerprint density at radius 3 is 2.93 bits per heavy atom. The van der Waals surface area contributed by atoms with E-state index in [0.29, 0.717) is 33.7 Å². The van der Waals surface area contributed by atoms with Crippen LogP contribution in [0.5, 0.6) is 0 Å². The summed E-state index contributed by atoms with van der Waals surface area (Å²) in [5.41, 5.74) is 1.29. The minimum Gasteiger partial charge on any atom is -0.463 e. The number of benzene rings is 1. The molecule has 3 aromatic heterocycles. The number of aromatic amines is 1. The zero-order chi connectivity index (χ0) is 19.5. The maximum Gasteiger partial charge on any atom is 0.290 e. The lowest BCUT2D eigenvalue weighted by molar-refractivity contribution is -0.118. The predicted molar refractivity (Wildman–Crippen MR) is 105 cm³/mol. The molecular weight excluding hydrogens is 402 g/mol. The lowest BCUT2D eigenvalue weighted by Crippen LogP contribution is -2.25. The number of carbonyl (C=O) groups excluding carboxylic acids is 1. The molecule has 3 heterocycles. The van der Waals surface area contributed by atoms with Crippen molar-refractivity contribution in [1.29, 1.82) is 0 Å². The molecule has 28 heavy (non-hydrogen) atoms. The Morgan fingerprint density at radius 1 is 1.29 bits per heavy atom. The van der Waals surface area contributed by atoms with Crippen molar-refractivity contribution in [3.05, 3.63) is 69.7 Å². The summed E-state index contributed by atoms with van der Waals surface area (Å²) in [7, 11) is 0. The van der Waals surface area contributed by atoms with Gasteiger partial charge in [0.2, 0.25) is 11.1 Å². The maximum absolute atomic E-state index is 12.2. The molecule has 0 saturated carbocycles. The van der Waals surface area contributed by atoms with Crippen LogP contribution >= 0.6 is 23.4 Å². The van der Waals surface area contributed by atoms with Gasteiger partial charge in [-0.15, -0.1) is 5.10 Å². The van der Waals surface area contributed by atoms with Gasteiger partial charge in [-0.3, -0.25) is 9.59 Å². The normalized spacial score (nSPS) is 11.0. The first-order valence-electron chi connectivity index (χ1n) is 8.27. The van der Waals surface area contributed by atoms with Crippen LogP contribution in [0.25, 0.3) is 17.0 Å². The SMILES string of the molecule is O=C(CSc1n[nH]c(=O)c2cc(-c3ccco3)nn12)NCc1ccccc1Cl. The third-order valence-electron chi connectivity index (χ3n) is 3.92. The number of hydrogen-bond donors (Lipinski definition) is 2. The highest BCUT2D eigenvalue weighted by molar-refractivity contribution is 7.99. The number of thioether (sulfide) groups is 1. The van der Waals surface area contributed by atoms with Crippen molar-refractivity contribution in [2.45, 2.75) is 11.7 Å². The van der Waals surface area contributed by atoms with Crippen LogP contribution in [0.15, 0.2) is 63.1 Å². The van der Waals surface area contributed by atoms with Gasteiger partial charge < -0.3 is 9.73 Å². The fourth-order valence-electron chi connectivity index (χ4n) is 2.55. The quantitative estimate of drug-likeness (QED) is 0.469. The molecule has 0 bridgehead atoms. The van der Waals surface area contributed by atoms with Crippen molar-refractivity contribution >= 4 is 34.8 Å². The van der Waals surface area contributed by atoms with Crippen LogP contribution in [0.2, 0.25) is 5.02 Å². The third kappa shape index (κ3) is 3.80. The molecule has 0 aliphatic carbocycles. The lowest BCUT2D eigenvalue weighted by Gasteiger charge is -2.07. The summed E-state index contributed by atoms with van der Waals surface area (Å²) in [5.74, 6) is 0.454. The van der Waals surface area contributed by atoms with Gasteiger partial charge in [-0.25, -0.2) is 9.61 Å². The van der Waals surface area contributed by atoms with Crippen molar-refractivity contribution in [2.24, 2.45) is 0 Å². The number of amides is 1. The first-order chi connectivity index (χ1) is 13.6. The standard InChI is InChI=1S/C18H14ClN5O3S/c19-12-5-2-1-4-11(12)9-20-16(25)10-28-18-22-21-17(26)14-8-13(23-24(14)18)15-6-3-7-27-15/h1-8H,9-10H2,(H,20,25)(H,21,26). The van der Waals surface area contributed by atoms with Crippen molar-refractivity contribution in [1.82, 2.24) is 25.1 Å². The Morgan fingerprint density at radius 2 is 2.14 bits per heavy atom. The zero-order valence-electron chi connectivity index (χ0n) is 14.4. The largest absolute Gasteiger partial charge is 0.463 e. The fraction of sp³-hybridized carbons (Fsp3) is 0.111. The lowest BCUT2D eigenvalue weighted by atomic mass is 10.2. The van der Waals surface area contributed by atoms with Crippen LogP contribution in [0.4, 0.5) is 0 Å². The van der Waals surface area contributed by atoms with E-state index in [1.54, 1.807) is 24.3 Å². The van der Waals surface area contributed by atoms with Crippen molar-refractivity contribution in [2.75, 3.05) is 5.75 Å². The van der Waals surface area contributed by atoms with Gasteiger partial charge in [-0.1, -0.05) is 41.6 Å². The van der Waals surface area contributed by atoms with Crippen molar-refractivity contribution in [3.8, 4) is 11.5 Å². The zero-order valence-corrected chi connectivity index (χ0v) is 16.0. The molecule has 0 radical (unpaired) electrons. The van der Waals surface area contributed by atoms with Gasteiger partial charge in [0.25, 0.3) is 5.56 Å². The molecule has 0 fully saturated rings. The maximum atomic E-state index is 12.2. The highest BCUT2D eigenvalue weighted by Gasteiger charge is 2.15. The van der Waals surface area contributed by atoms with Crippen LogP contribution < -0.4 is 10.9 Å². The topological polar surface area (TPSA) is 105 Å². The Kier molecular flexibility index (Phi) is 5.18. The van der Waals surface area contributed by atoms with Crippen molar-refractivity contribution in [3.63, 3.8) is 0 Å². The molecule has 0 aliphatic rings. The molecule has 0 saturated heterocycles. The number of furan rings is 1. The summed E-state index contributed by atoms with van der Waals surface area (Å²) in [6, 6.07) is 12.4. The van der Waals surface area contributed by atoms with Crippen molar-refractivity contribution < 1.29 is 9.21 Å². The fourth-order valence-corrected chi connectivity index (χ4v) is 3.48. The van der Waals surface area contributed by atoms with E-state index < -0.39 is 0 Å². The molecule has 2 N–H and O–H groups in total. The summed E-state index contributed by atoms with van der Waals surface area (Å²) < 4.78 is 6.73. The highest BCUT2D eigenvalue weighted by Crippen LogP contribution is 2.21. The number of nitrogens with one attached hydrogen (secondary N) is 2. The second kappa shape index (κ2) is 7.91. The molecule has 0 aliphatic heterocycles. The smallest absolute Gasteiger partial charge is 0.290 e. The predicted octanol–water partition coefficient (Wildman–Crippen LogP) is 2.74. The van der Waals surface area contributed by atoms with Gasteiger partial charge in [-0.2, -0.15) is 5.10 Å². The number of halogens is 1. The van der Waals surface area contributed by atoms with E-state index in [9.17, 15) is 9.59 Å². The molecule has 0 spiro atoms. The highest BCUT2D eigenvalue weighted by atomic mass is 35.5. The minimum absolute atomic E-state index is 0.106. The van der Waals surface area contributed by atoms with Gasteiger partial charge in [0.05, 0.1) is 12.0 Å². The molecule has 0 unspecified atom stereocenters. The summed E-state index contributed by atoms with van der Waals surface area (Å²) >= 11 is 7.25. The van der Waals surface area contributed by atoms with Crippen LogP contribution in [0.3, 0.4) is 0 Å². The Hall–Kier alpha value is -3.04. The van der Waals surface area contributed by atoms with E-state index in [1.165, 1.54) is 10.8 Å². The minimum atomic E-state index is -0.377. The van der Waals surface area contributed by atoms with Gasteiger partial charge in [0.15, 0.2) is 5.76 Å². The van der Waals surface area contributed by atoms with E-state index in [4.69, 9.17) is 16.0 Å². The summed E-state index contributed by atoms with van der Waals surface area (Å²) in [6.45, 7) is 0.331. The summed E-state index contributed by atoms with van der Waals surface area (Å²) in [5, 5.41) is 14.6. The molecule has 10 heteroatoms. The molecule has 8 nitrogen and oxygen atoms in total. The van der Waals surface area contributed by atoms with E-state index >= 15 is 0 Å². The van der Waals surface area contributed by atoms with E-state index in [1.807, 2.05) is 18.2 Å². The first kappa shape index (κ1) is 18.3. The number of hydrogen-bond acceptors (Lipinski definition) is 6. The Balaban J connectivity index is 1.47. The Bertz CT molecular complexity index is 1190. The molecular formula is C18H14ClN5O3S. The van der Waals surface area contributed by atoms with Crippen LogP contribution in [0, 0.1) is 0 Å². The molecule has 1 amide bonds. The van der Waals surface area contributed by atoms with E-state index in [-0.39, 0.29) is 17.2 Å². The van der Waals surface area contributed by atoms with Crippen LogP contribution in [0.1, 0.15) is 5.56 Å². The van der Waals surface area contributed by atoms with Gasteiger partial charge in [-0.05, 0) is 23.8 Å². The number of carbonyl (C=O) groups is 1. The molecule has 1 aromatic carbocycles. The van der Waals surface area contributed by atoms with Gasteiger partial charge in [0.1, 0.15) is 11.2 Å². The first-order valence-corrected chi connectivity index (χ1v) is 9.63. The second-order valence-corrected chi connectivity index (χ2v) is 7.15. The molecule has 4 aromatic rings. The number of rotatable bonds is 6. The second-order valence-electron chi connectivity index (χ2n) is 5.80. The van der Waals surface area contributed by atoms with E-state index in [0.717, 1.165) is 17.3 Å².